The lowest BCUT2D eigenvalue weighted by Gasteiger charge is -2.28. The molecule has 0 aliphatic heterocycles. The van der Waals surface area contributed by atoms with Crippen LogP contribution in [0.15, 0.2) is 64.5 Å². The fraction of sp³-hybridized carbons (Fsp3) is 0.379. The first-order valence-corrected chi connectivity index (χ1v) is 14.3. The summed E-state index contributed by atoms with van der Waals surface area (Å²) < 4.78 is 17.2. The van der Waals surface area contributed by atoms with Gasteiger partial charge in [-0.2, -0.15) is 0 Å². The highest BCUT2D eigenvalue weighted by Gasteiger charge is 2.23. The summed E-state index contributed by atoms with van der Waals surface area (Å²) >= 11 is 5.03. The lowest BCUT2D eigenvalue weighted by Crippen LogP contribution is -2.44. The highest BCUT2D eigenvalue weighted by molar-refractivity contribution is 9.10. The first-order valence-electron chi connectivity index (χ1n) is 12.6. The SMILES string of the molecule is CCOCCCN(CC(=O)N(CCc1ccc(OC)c(OC)c1)Cc1cccs1)C(=O)c1ccc(Br)cc1. The molecule has 3 rings (SSSR count). The summed E-state index contributed by atoms with van der Waals surface area (Å²) in [5.74, 6) is 1.05. The van der Waals surface area contributed by atoms with Crippen LogP contribution >= 0.6 is 27.3 Å². The number of halogens is 1. The van der Waals surface area contributed by atoms with Gasteiger partial charge in [-0.1, -0.05) is 28.1 Å². The Kier molecular flexibility index (Phi) is 12.1. The van der Waals surface area contributed by atoms with Gasteiger partial charge in [0.25, 0.3) is 5.91 Å². The summed E-state index contributed by atoms with van der Waals surface area (Å²) in [6.45, 7) is 4.52. The summed E-state index contributed by atoms with van der Waals surface area (Å²) in [4.78, 5) is 31.6. The van der Waals surface area contributed by atoms with Crippen LogP contribution in [0.2, 0.25) is 0 Å². The zero-order valence-electron chi connectivity index (χ0n) is 22.2. The van der Waals surface area contributed by atoms with E-state index in [0.717, 1.165) is 14.9 Å². The van der Waals surface area contributed by atoms with Crippen LogP contribution < -0.4 is 9.47 Å². The molecule has 2 amide bonds. The highest BCUT2D eigenvalue weighted by Crippen LogP contribution is 2.28. The Balaban J connectivity index is 1.76. The topological polar surface area (TPSA) is 68.3 Å². The number of amides is 2. The molecule has 0 fully saturated rings. The van der Waals surface area contributed by atoms with Gasteiger partial charge in [0, 0.05) is 41.2 Å². The normalized spacial score (nSPS) is 10.7. The molecule has 0 atom stereocenters. The third kappa shape index (κ3) is 8.85. The number of hydrogen-bond acceptors (Lipinski definition) is 6. The van der Waals surface area contributed by atoms with Crippen molar-refractivity contribution in [1.29, 1.82) is 0 Å². The molecular formula is C29H35BrN2O5S. The molecule has 0 radical (unpaired) electrons. The zero-order chi connectivity index (χ0) is 27.3. The van der Waals surface area contributed by atoms with E-state index in [1.54, 1.807) is 42.6 Å². The summed E-state index contributed by atoms with van der Waals surface area (Å²) in [7, 11) is 3.21. The molecule has 0 N–H and O–H groups in total. The van der Waals surface area contributed by atoms with Gasteiger partial charge in [-0.25, -0.2) is 0 Å². The Labute approximate surface area is 237 Å². The van der Waals surface area contributed by atoms with Crippen LogP contribution in [0.25, 0.3) is 0 Å². The van der Waals surface area contributed by atoms with Crippen molar-refractivity contribution >= 4 is 39.1 Å². The molecule has 1 aromatic heterocycles. The zero-order valence-corrected chi connectivity index (χ0v) is 24.6. The molecule has 0 aliphatic carbocycles. The number of methoxy groups -OCH3 is 2. The standard InChI is InChI=1S/C29H35BrN2O5S/c1-4-37-17-6-15-32(29(34)23-9-11-24(30)12-10-23)21-28(33)31(20-25-7-5-18-38-25)16-14-22-8-13-26(35-2)27(19-22)36-3/h5,7-13,18-19H,4,6,14-17,20-21H2,1-3H3. The minimum absolute atomic E-state index is 0.00166. The van der Waals surface area contributed by atoms with Crippen LogP contribution in [-0.2, 0) is 22.5 Å². The number of carbonyl (C=O) groups excluding carboxylic acids is 2. The molecule has 204 valence electrons. The van der Waals surface area contributed by atoms with Gasteiger partial charge in [0.1, 0.15) is 6.54 Å². The minimum Gasteiger partial charge on any atom is -0.493 e. The van der Waals surface area contributed by atoms with E-state index in [4.69, 9.17) is 14.2 Å². The maximum Gasteiger partial charge on any atom is 0.254 e. The van der Waals surface area contributed by atoms with Crippen LogP contribution in [0.5, 0.6) is 11.5 Å². The van der Waals surface area contributed by atoms with Gasteiger partial charge >= 0.3 is 0 Å². The lowest BCUT2D eigenvalue weighted by molar-refractivity contribution is -0.132. The van der Waals surface area contributed by atoms with Crippen LogP contribution in [0.4, 0.5) is 0 Å². The Morgan fingerprint density at radius 1 is 0.947 bits per heavy atom. The van der Waals surface area contributed by atoms with Gasteiger partial charge in [0.2, 0.25) is 5.91 Å². The molecule has 7 nitrogen and oxygen atoms in total. The maximum atomic E-state index is 13.7. The number of carbonyl (C=O) groups is 2. The van der Waals surface area contributed by atoms with Gasteiger partial charge in [-0.05, 0) is 73.2 Å². The first-order chi connectivity index (χ1) is 18.4. The van der Waals surface area contributed by atoms with Crippen LogP contribution in [0, 0.1) is 0 Å². The smallest absolute Gasteiger partial charge is 0.254 e. The lowest BCUT2D eigenvalue weighted by atomic mass is 10.1. The van der Waals surface area contributed by atoms with Crippen molar-refractivity contribution in [2.75, 3.05) is 47.1 Å². The van der Waals surface area contributed by atoms with Crippen LogP contribution in [-0.4, -0.2) is 68.7 Å². The molecule has 0 saturated carbocycles. The Hall–Kier alpha value is -2.88. The van der Waals surface area contributed by atoms with Gasteiger partial charge in [-0.3, -0.25) is 9.59 Å². The van der Waals surface area contributed by atoms with Crippen molar-refractivity contribution in [2.45, 2.75) is 26.3 Å². The Bertz CT molecular complexity index is 1150. The third-order valence-corrected chi connectivity index (χ3v) is 7.41. The summed E-state index contributed by atoms with van der Waals surface area (Å²) in [5, 5.41) is 2.00. The number of rotatable bonds is 15. The predicted octanol–water partition coefficient (Wildman–Crippen LogP) is 5.67. The monoisotopic (exact) mass is 602 g/mol. The van der Waals surface area contributed by atoms with E-state index in [9.17, 15) is 9.59 Å². The van der Waals surface area contributed by atoms with Gasteiger partial charge in [0.15, 0.2) is 11.5 Å². The highest BCUT2D eigenvalue weighted by atomic mass is 79.9. The van der Waals surface area contributed by atoms with Crippen LogP contribution in [0.3, 0.4) is 0 Å². The first kappa shape index (κ1) is 29.7. The minimum atomic E-state index is -0.168. The Morgan fingerprint density at radius 2 is 1.71 bits per heavy atom. The molecule has 3 aromatic rings. The summed E-state index contributed by atoms with van der Waals surface area (Å²) in [6.07, 6.45) is 1.29. The predicted molar refractivity (Wildman–Crippen MR) is 154 cm³/mol. The molecule has 0 unspecified atom stereocenters. The summed E-state index contributed by atoms with van der Waals surface area (Å²) in [6, 6.07) is 17.0. The molecule has 0 spiro atoms. The molecule has 0 saturated heterocycles. The number of hydrogen-bond donors (Lipinski definition) is 0. The number of ether oxygens (including phenoxy) is 3. The van der Waals surface area contributed by atoms with Crippen molar-refractivity contribution in [3.8, 4) is 11.5 Å². The van der Waals surface area contributed by atoms with Crippen molar-refractivity contribution in [3.05, 3.63) is 80.5 Å². The second-order valence-electron chi connectivity index (χ2n) is 8.62. The molecule has 9 heteroatoms. The average molecular weight is 604 g/mol. The fourth-order valence-corrected chi connectivity index (χ4v) is 4.96. The van der Waals surface area contributed by atoms with E-state index >= 15 is 0 Å². The molecule has 0 bridgehead atoms. The quantitative estimate of drug-likeness (QED) is 0.210. The van der Waals surface area contributed by atoms with E-state index in [-0.39, 0.29) is 18.4 Å². The third-order valence-electron chi connectivity index (χ3n) is 6.02. The van der Waals surface area contributed by atoms with Crippen LogP contribution in [0.1, 0.15) is 34.1 Å². The van der Waals surface area contributed by atoms with E-state index in [2.05, 4.69) is 15.9 Å². The number of nitrogens with zero attached hydrogens (tertiary/aromatic N) is 2. The van der Waals surface area contributed by atoms with Gasteiger partial charge in [0.05, 0.1) is 20.8 Å². The maximum absolute atomic E-state index is 13.7. The number of benzene rings is 2. The van der Waals surface area contributed by atoms with E-state index in [1.165, 1.54) is 0 Å². The van der Waals surface area contributed by atoms with E-state index in [1.807, 2.05) is 59.7 Å². The second-order valence-corrected chi connectivity index (χ2v) is 10.6. The fourth-order valence-electron chi connectivity index (χ4n) is 3.98. The largest absolute Gasteiger partial charge is 0.493 e. The van der Waals surface area contributed by atoms with Gasteiger partial charge in [-0.15, -0.1) is 11.3 Å². The molecular weight excluding hydrogens is 568 g/mol. The molecule has 1 heterocycles. The molecule has 0 aliphatic rings. The van der Waals surface area contributed by atoms with Crippen molar-refractivity contribution < 1.29 is 23.8 Å². The molecule has 38 heavy (non-hydrogen) atoms. The van der Waals surface area contributed by atoms with E-state index in [0.29, 0.717) is 62.8 Å². The average Bonchev–Trinajstić information content (AvgIpc) is 3.45. The number of thiophene rings is 1. The Morgan fingerprint density at radius 3 is 2.37 bits per heavy atom. The molecule has 2 aromatic carbocycles. The van der Waals surface area contributed by atoms with Crippen molar-refractivity contribution in [1.82, 2.24) is 9.80 Å². The van der Waals surface area contributed by atoms with Crippen molar-refractivity contribution in [2.24, 2.45) is 0 Å². The second kappa shape index (κ2) is 15.5. The summed E-state index contributed by atoms with van der Waals surface area (Å²) in [5.41, 5.74) is 1.58. The van der Waals surface area contributed by atoms with Crippen molar-refractivity contribution in [3.63, 3.8) is 0 Å². The van der Waals surface area contributed by atoms with E-state index < -0.39 is 0 Å². The van der Waals surface area contributed by atoms with Gasteiger partial charge < -0.3 is 24.0 Å².